The third kappa shape index (κ3) is 3.80. The second-order valence-corrected chi connectivity index (χ2v) is 10.0. The average Bonchev–Trinajstić information content (AvgIpc) is 2.29. The maximum Gasteiger partial charge on any atom is 0.176 e. The van der Waals surface area contributed by atoms with Crippen molar-refractivity contribution in [3.05, 3.63) is 30.3 Å². The lowest BCUT2D eigenvalue weighted by Gasteiger charge is -2.32. The Morgan fingerprint density at radius 2 is 1.78 bits per heavy atom. The second-order valence-electron chi connectivity index (χ2n) is 5.27. The molecule has 0 saturated heterocycles. The summed E-state index contributed by atoms with van der Waals surface area (Å²) < 4.78 is 2.05. The van der Waals surface area contributed by atoms with Crippen molar-refractivity contribution in [2.45, 2.75) is 39.9 Å². The van der Waals surface area contributed by atoms with Crippen LogP contribution < -0.4 is 4.67 Å². The van der Waals surface area contributed by atoms with E-state index in [2.05, 4.69) is 24.7 Å². The smallest absolute Gasteiger partial charge is 0.176 e. The van der Waals surface area contributed by atoms with E-state index in [-0.39, 0.29) is 5.78 Å². The molecule has 0 N–H and O–H groups in total. The summed E-state index contributed by atoms with van der Waals surface area (Å²) in [5.41, 5.74) is 1.70. The van der Waals surface area contributed by atoms with Crippen LogP contribution in [0.1, 0.15) is 20.3 Å². The van der Waals surface area contributed by atoms with Crippen LogP contribution in [-0.4, -0.2) is 19.7 Å². The Kier molecular flexibility index (Phi) is 4.84. The molecule has 98 valence electrons. The molecule has 0 aliphatic rings. The predicted octanol–water partition coefficient (Wildman–Crippen LogP) is 3.68. The molecule has 0 heterocycles. The van der Waals surface area contributed by atoms with Crippen LogP contribution in [0.15, 0.2) is 35.4 Å². The van der Waals surface area contributed by atoms with Gasteiger partial charge in [0.05, 0.1) is 0 Å². The number of ketones is 1. The van der Waals surface area contributed by atoms with Gasteiger partial charge in [0, 0.05) is 12.6 Å². The Balaban J connectivity index is 3.20. The van der Waals surface area contributed by atoms with E-state index in [1.54, 1.807) is 6.92 Å². The first-order valence-corrected chi connectivity index (χ1v) is 9.74. The first-order valence-electron chi connectivity index (χ1n) is 6.30. The summed E-state index contributed by atoms with van der Waals surface area (Å²) in [6.07, 6.45) is 0.670. The molecule has 0 fully saturated rings. The van der Waals surface area contributed by atoms with E-state index in [1.807, 2.05) is 41.9 Å². The molecular weight excluding hydrogens is 240 g/mol. The number of benzene rings is 1. The van der Waals surface area contributed by atoms with Crippen molar-refractivity contribution < 1.29 is 4.79 Å². The monoisotopic (exact) mass is 262 g/mol. The molecule has 0 amide bonds. The van der Waals surface area contributed by atoms with E-state index in [1.165, 1.54) is 0 Å². The molecule has 1 rings (SSSR count). The van der Waals surface area contributed by atoms with E-state index in [0.717, 1.165) is 5.69 Å². The van der Waals surface area contributed by atoms with Gasteiger partial charge in [-0.1, -0.05) is 25.1 Å². The van der Waals surface area contributed by atoms with Crippen LogP contribution in [0.2, 0.25) is 19.6 Å². The molecule has 0 radical (unpaired) electrons. The van der Waals surface area contributed by atoms with Gasteiger partial charge in [-0.05, 0) is 38.2 Å². The van der Waals surface area contributed by atoms with Gasteiger partial charge in [0.2, 0.25) is 0 Å². The lowest BCUT2D eigenvalue weighted by Crippen LogP contribution is -2.43. The third-order valence-electron chi connectivity index (χ3n) is 2.60. The minimum absolute atomic E-state index is 0.0525. The van der Waals surface area contributed by atoms with Crippen molar-refractivity contribution in [2.75, 3.05) is 4.67 Å². The lowest BCUT2D eigenvalue weighted by molar-refractivity contribution is -0.111. The molecule has 0 bridgehead atoms. The molecule has 1 aromatic carbocycles. The average molecular weight is 262 g/mol. The first kappa shape index (κ1) is 14.6. The molecule has 18 heavy (non-hydrogen) atoms. The zero-order valence-electron chi connectivity index (χ0n) is 11.9. The van der Waals surface area contributed by atoms with Crippen molar-refractivity contribution >= 4 is 25.4 Å². The molecule has 1 aromatic rings. The van der Waals surface area contributed by atoms with Gasteiger partial charge in [-0.25, -0.2) is 0 Å². The number of carbonyl (C=O) groups is 1. The Morgan fingerprint density at radius 1 is 1.22 bits per heavy atom. The summed E-state index contributed by atoms with van der Waals surface area (Å²) in [5.74, 6) is 0.0525. The summed E-state index contributed by atoms with van der Waals surface area (Å²) in [6, 6.07) is 10.1. The van der Waals surface area contributed by atoms with Crippen molar-refractivity contribution in [3.63, 3.8) is 0 Å². The zero-order chi connectivity index (χ0) is 13.8. The van der Waals surface area contributed by atoms with Gasteiger partial charge < -0.3 is 0 Å². The van der Waals surface area contributed by atoms with E-state index < -0.39 is 8.24 Å². The Morgan fingerprint density at radius 3 is 2.17 bits per heavy atom. The Hall–Kier alpha value is -1.42. The van der Waals surface area contributed by atoms with Gasteiger partial charge in [0.15, 0.2) is 14.0 Å². The molecule has 0 unspecified atom stereocenters. The highest BCUT2D eigenvalue weighted by Gasteiger charge is 2.25. The van der Waals surface area contributed by atoms with E-state index in [0.29, 0.717) is 12.1 Å². The highest BCUT2D eigenvalue weighted by Crippen LogP contribution is 2.22. The van der Waals surface area contributed by atoms with Crippen LogP contribution in [0.25, 0.3) is 0 Å². The minimum Gasteiger partial charge on any atom is -0.295 e. The Bertz CT molecular complexity index is 435. The summed E-state index contributed by atoms with van der Waals surface area (Å²) >= 11 is 0. The summed E-state index contributed by atoms with van der Waals surface area (Å²) in [7, 11) is -1.66. The maximum atomic E-state index is 11.5. The van der Waals surface area contributed by atoms with Gasteiger partial charge in [0.1, 0.15) is 5.71 Å². The van der Waals surface area contributed by atoms with Crippen LogP contribution in [-0.2, 0) is 4.79 Å². The number of hydrogen-bond donors (Lipinski definition) is 0. The van der Waals surface area contributed by atoms with E-state index in [9.17, 15) is 4.79 Å². The van der Waals surface area contributed by atoms with Gasteiger partial charge >= 0.3 is 0 Å². The fourth-order valence-corrected chi connectivity index (χ4v) is 3.02. The molecule has 0 saturated carbocycles. The molecule has 0 spiro atoms. The maximum absolute atomic E-state index is 11.5. The van der Waals surface area contributed by atoms with Crippen molar-refractivity contribution in [1.82, 2.24) is 0 Å². The van der Waals surface area contributed by atoms with Gasteiger partial charge in [-0.3, -0.25) is 9.47 Å². The fourth-order valence-electron chi connectivity index (χ4n) is 1.68. The number of para-hydroxylation sites is 1. The highest BCUT2D eigenvalue weighted by atomic mass is 28.3. The summed E-state index contributed by atoms with van der Waals surface area (Å²) in [5, 5.41) is 4.60. The topological polar surface area (TPSA) is 32.7 Å². The van der Waals surface area contributed by atoms with Crippen molar-refractivity contribution in [2.24, 2.45) is 5.10 Å². The lowest BCUT2D eigenvalue weighted by atomic mass is 10.2. The number of hydrazone groups is 1. The zero-order valence-corrected chi connectivity index (χ0v) is 12.9. The largest absolute Gasteiger partial charge is 0.295 e. The predicted molar refractivity (Wildman–Crippen MR) is 80.7 cm³/mol. The fraction of sp³-hybridized carbons (Fsp3) is 0.429. The van der Waals surface area contributed by atoms with Crippen molar-refractivity contribution in [3.8, 4) is 0 Å². The van der Waals surface area contributed by atoms with Crippen LogP contribution in [0.3, 0.4) is 0 Å². The third-order valence-corrected chi connectivity index (χ3v) is 4.23. The standard InChI is InChI=1S/C14H22N2OSi/c1-6-14(12(2)17)15-16(18(3,4)5)13-10-8-7-9-11-13/h7-11H,6H2,1-5H3/b15-14+. The van der Waals surface area contributed by atoms with Gasteiger partial charge in [-0.2, -0.15) is 5.10 Å². The number of nitrogens with zero attached hydrogens (tertiary/aromatic N) is 2. The molecule has 0 aliphatic heterocycles. The van der Waals surface area contributed by atoms with Crippen LogP contribution >= 0.6 is 0 Å². The highest BCUT2D eigenvalue weighted by molar-refractivity contribution is 6.79. The number of Topliss-reactive ketones (excluding diaryl/α,β-unsaturated/α-hetero) is 1. The first-order chi connectivity index (χ1) is 8.36. The molecule has 4 heteroatoms. The normalized spacial score (nSPS) is 12.4. The van der Waals surface area contributed by atoms with Crippen LogP contribution in [0.4, 0.5) is 5.69 Å². The SMILES string of the molecule is CC/C(=N\N(c1ccccc1)[Si](C)(C)C)C(C)=O. The summed E-state index contributed by atoms with van der Waals surface area (Å²) in [4.78, 5) is 11.5. The molecule has 0 atom stereocenters. The molecular formula is C14H22N2OSi. The van der Waals surface area contributed by atoms with Gasteiger partial charge in [-0.15, -0.1) is 0 Å². The number of carbonyl (C=O) groups excluding carboxylic acids is 1. The van der Waals surface area contributed by atoms with Crippen molar-refractivity contribution in [1.29, 1.82) is 0 Å². The molecule has 0 aromatic heterocycles. The summed E-state index contributed by atoms with van der Waals surface area (Å²) in [6.45, 7) is 10.2. The van der Waals surface area contributed by atoms with E-state index in [4.69, 9.17) is 0 Å². The van der Waals surface area contributed by atoms with E-state index >= 15 is 0 Å². The molecule has 3 nitrogen and oxygen atoms in total. The minimum atomic E-state index is -1.66. The second kappa shape index (κ2) is 5.95. The Labute approximate surface area is 111 Å². The van der Waals surface area contributed by atoms with Crippen LogP contribution in [0.5, 0.6) is 0 Å². The van der Waals surface area contributed by atoms with Crippen LogP contribution in [0, 0.1) is 0 Å². The number of rotatable bonds is 5. The number of hydrogen-bond acceptors (Lipinski definition) is 3. The molecule has 0 aliphatic carbocycles. The van der Waals surface area contributed by atoms with Gasteiger partial charge in [0.25, 0.3) is 0 Å². The quantitative estimate of drug-likeness (QED) is 0.460. The number of anilines is 1.